The van der Waals surface area contributed by atoms with E-state index in [9.17, 15) is 9.59 Å². The van der Waals surface area contributed by atoms with E-state index in [1.165, 1.54) is 0 Å². The summed E-state index contributed by atoms with van der Waals surface area (Å²) in [5.41, 5.74) is 5.12. The van der Waals surface area contributed by atoms with Crippen LogP contribution in [0.25, 0.3) is 0 Å². The number of carbonyl (C=O) groups excluding carboxylic acids is 1. The van der Waals surface area contributed by atoms with Crippen LogP contribution in [0.1, 0.15) is 39.0 Å². The van der Waals surface area contributed by atoms with Gasteiger partial charge in [0.15, 0.2) is 0 Å². The van der Waals surface area contributed by atoms with E-state index in [0.717, 1.165) is 6.42 Å². The molecule has 6 nitrogen and oxygen atoms in total. The van der Waals surface area contributed by atoms with Gasteiger partial charge in [-0.15, -0.1) is 0 Å². The molecular formula is C12H22N2O4. The molecule has 0 aliphatic carbocycles. The van der Waals surface area contributed by atoms with E-state index in [0.29, 0.717) is 32.5 Å². The second kappa shape index (κ2) is 6.70. The normalized spacial score (nSPS) is 20.1. The summed E-state index contributed by atoms with van der Waals surface area (Å²) in [5, 5.41) is 11.6. The predicted molar refractivity (Wildman–Crippen MR) is 66.1 cm³/mol. The summed E-state index contributed by atoms with van der Waals surface area (Å²) < 4.78 is 5.18. The van der Waals surface area contributed by atoms with Crippen molar-refractivity contribution in [3.05, 3.63) is 0 Å². The van der Waals surface area contributed by atoms with E-state index in [2.05, 4.69) is 5.32 Å². The minimum atomic E-state index is -0.914. The summed E-state index contributed by atoms with van der Waals surface area (Å²) in [6.07, 6.45) is 2.35. The average Bonchev–Trinajstić information content (AvgIpc) is 2.29. The molecule has 0 aromatic rings. The van der Waals surface area contributed by atoms with Crippen molar-refractivity contribution in [1.82, 2.24) is 5.32 Å². The van der Waals surface area contributed by atoms with Gasteiger partial charge in [0, 0.05) is 19.3 Å². The highest BCUT2D eigenvalue weighted by atomic mass is 16.5. The number of aliphatic carboxylic acids is 1. The van der Waals surface area contributed by atoms with Gasteiger partial charge in [0.25, 0.3) is 0 Å². The summed E-state index contributed by atoms with van der Waals surface area (Å²) in [7, 11) is 0. The molecule has 1 rings (SSSR count). The number of carboxylic acids is 1. The first-order chi connectivity index (χ1) is 8.48. The number of ether oxygens (including phenoxy) is 1. The van der Waals surface area contributed by atoms with E-state index in [-0.39, 0.29) is 18.4 Å². The molecule has 1 unspecified atom stereocenters. The number of amides is 1. The molecule has 1 amide bonds. The van der Waals surface area contributed by atoms with Crippen LogP contribution in [0.5, 0.6) is 0 Å². The Morgan fingerprint density at radius 1 is 1.44 bits per heavy atom. The lowest BCUT2D eigenvalue weighted by molar-refractivity contribution is -0.138. The Kier molecular flexibility index (Phi) is 5.55. The molecular weight excluding hydrogens is 236 g/mol. The van der Waals surface area contributed by atoms with Crippen LogP contribution < -0.4 is 11.1 Å². The van der Waals surface area contributed by atoms with Gasteiger partial charge in [-0.05, 0) is 19.3 Å². The number of hydrogen-bond donors (Lipinski definition) is 3. The lowest BCUT2D eigenvalue weighted by atomic mass is 9.89. The zero-order valence-corrected chi connectivity index (χ0v) is 10.8. The van der Waals surface area contributed by atoms with Gasteiger partial charge in [0.05, 0.1) is 12.0 Å². The number of nitrogens with two attached hydrogens (primary N) is 1. The third-order valence-corrected chi connectivity index (χ3v) is 3.23. The predicted octanol–water partition coefficient (Wildman–Crippen LogP) is 0.254. The van der Waals surface area contributed by atoms with E-state index < -0.39 is 11.5 Å². The molecule has 0 aromatic carbocycles. The zero-order chi connectivity index (χ0) is 13.6. The maximum absolute atomic E-state index is 12.1. The lowest BCUT2D eigenvalue weighted by Crippen LogP contribution is -2.58. The van der Waals surface area contributed by atoms with Crippen LogP contribution in [0.3, 0.4) is 0 Å². The van der Waals surface area contributed by atoms with Gasteiger partial charge in [0.2, 0.25) is 5.91 Å². The lowest BCUT2D eigenvalue weighted by Gasteiger charge is -2.33. The molecule has 1 atom stereocenters. The smallest absolute Gasteiger partial charge is 0.305 e. The Hall–Kier alpha value is -1.14. The van der Waals surface area contributed by atoms with Gasteiger partial charge in [-0.25, -0.2) is 0 Å². The molecule has 1 aliphatic heterocycles. The van der Waals surface area contributed by atoms with Crippen molar-refractivity contribution in [1.29, 1.82) is 0 Å². The average molecular weight is 258 g/mol. The summed E-state index contributed by atoms with van der Waals surface area (Å²) in [6, 6.07) is -0.344. The van der Waals surface area contributed by atoms with Crippen LogP contribution in [0, 0.1) is 0 Å². The summed E-state index contributed by atoms with van der Waals surface area (Å²) in [5.74, 6) is -1.17. The molecule has 0 saturated carbocycles. The van der Waals surface area contributed by atoms with E-state index in [1.807, 2.05) is 6.92 Å². The minimum Gasteiger partial charge on any atom is -0.481 e. The largest absolute Gasteiger partial charge is 0.481 e. The molecule has 1 fully saturated rings. The first kappa shape index (κ1) is 14.9. The van der Waals surface area contributed by atoms with E-state index in [4.69, 9.17) is 15.6 Å². The Morgan fingerprint density at radius 2 is 2.06 bits per heavy atom. The molecule has 4 N–H and O–H groups in total. The highest BCUT2D eigenvalue weighted by Gasteiger charge is 2.36. The summed E-state index contributed by atoms with van der Waals surface area (Å²) in [4.78, 5) is 22.8. The summed E-state index contributed by atoms with van der Waals surface area (Å²) in [6.45, 7) is 2.90. The Balaban J connectivity index is 2.56. The molecule has 18 heavy (non-hydrogen) atoms. The molecule has 104 valence electrons. The van der Waals surface area contributed by atoms with Crippen LogP contribution in [-0.2, 0) is 14.3 Å². The van der Waals surface area contributed by atoms with Gasteiger partial charge in [-0.1, -0.05) is 13.3 Å². The molecule has 0 aromatic heterocycles. The molecule has 0 radical (unpaired) electrons. The van der Waals surface area contributed by atoms with Crippen LogP contribution in [0.2, 0.25) is 0 Å². The molecule has 6 heteroatoms. The van der Waals surface area contributed by atoms with Crippen molar-refractivity contribution in [2.45, 2.75) is 50.6 Å². The minimum absolute atomic E-state index is 0.0633. The van der Waals surface area contributed by atoms with Gasteiger partial charge < -0.3 is 20.9 Å². The number of carbonyl (C=O) groups is 2. The molecule has 1 aliphatic rings. The number of carboxylic acid groups (broad SMARTS) is 1. The Morgan fingerprint density at radius 3 is 2.56 bits per heavy atom. The van der Waals surface area contributed by atoms with Crippen LogP contribution >= 0.6 is 0 Å². The van der Waals surface area contributed by atoms with Gasteiger partial charge in [-0.3, -0.25) is 9.59 Å². The molecule has 1 heterocycles. The molecule has 1 saturated heterocycles. The quantitative estimate of drug-likeness (QED) is 0.634. The van der Waals surface area contributed by atoms with Crippen LogP contribution in [0.15, 0.2) is 0 Å². The van der Waals surface area contributed by atoms with Crippen molar-refractivity contribution >= 4 is 11.9 Å². The second-order valence-corrected chi connectivity index (χ2v) is 4.83. The van der Waals surface area contributed by atoms with Gasteiger partial charge in [-0.2, -0.15) is 0 Å². The Labute approximate surface area is 107 Å². The second-order valence-electron chi connectivity index (χ2n) is 4.83. The maximum atomic E-state index is 12.1. The Bertz CT molecular complexity index is 300. The van der Waals surface area contributed by atoms with Crippen molar-refractivity contribution < 1.29 is 19.4 Å². The SMILES string of the molecule is CCCC(CC(=O)O)NC(=O)C1(N)CCOCC1. The fourth-order valence-corrected chi connectivity index (χ4v) is 2.08. The van der Waals surface area contributed by atoms with Crippen molar-refractivity contribution in [3.8, 4) is 0 Å². The number of rotatable bonds is 6. The molecule has 0 bridgehead atoms. The maximum Gasteiger partial charge on any atom is 0.305 e. The first-order valence-corrected chi connectivity index (χ1v) is 6.37. The highest BCUT2D eigenvalue weighted by Crippen LogP contribution is 2.18. The first-order valence-electron chi connectivity index (χ1n) is 6.37. The standard InChI is InChI=1S/C12H22N2O4/c1-2-3-9(8-10(15)16)14-11(17)12(13)4-6-18-7-5-12/h9H,2-8,13H2,1H3,(H,14,17)(H,15,16). The van der Waals surface area contributed by atoms with Gasteiger partial charge >= 0.3 is 5.97 Å². The zero-order valence-electron chi connectivity index (χ0n) is 10.8. The fourth-order valence-electron chi connectivity index (χ4n) is 2.08. The topological polar surface area (TPSA) is 102 Å². The third-order valence-electron chi connectivity index (χ3n) is 3.23. The summed E-state index contributed by atoms with van der Waals surface area (Å²) >= 11 is 0. The van der Waals surface area contributed by atoms with Crippen molar-refractivity contribution in [2.24, 2.45) is 5.73 Å². The van der Waals surface area contributed by atoms with Crippen molar-refractivity contribution in [2.75, 3.05) is 13.2 Å². The fraction of sp³-hybridized carbons (Fsp3) is 0.833. The molecule has 0 spiro atoms. The monoisotopic (exact) mass is 258 g/mol. The van der Waals surface area contributed by atoms with Crippen molar-refractivity contribution in [3.63, 3.8) is 0 Å². The highest BCUT2D eigenvalue weighted by molar-refractivity contribution is 5.86. The number of nitrogens with one attached hydrogen (secondary N) is 1. The van der Waals surface area contributed by atoms with E-state index in [1.54, 1.807) is 0 Å². The van der Waals surface area contributed by atoms with Crippen LogP contribution in [-0.4, -0.2) is 41.8 Å². The van der Waals surface area contributed by atoms with Crippen LogP contribution in [0.4, 0.5) is 0 Å². The van der Waals surface area contributed by atoms with Gasteiger partial charge in [0.1, 0.15) is 0 Å². The number of hydrogen-bond acceptors (Lipinski definition) is 4. The third kappa shape index (κ3) is 4.27. The van der Waals surface area contributed by atoms with E-state index >= 15 is 0 Å².